The van der Waals surface area contributed by atoms with Gasteiger partial charge in [0.1, 0.15) is 5.78 Å². The predicted molar refractivity (Wildman–Crippen MR) is 72.3 cm³/mol. The van der Waals surface area contributed by atoms with Crippen molar-refractivity contribution in [2.24, 2.45) is 0 Å². The Hall–Kier alpha value is -1.15. The van der Waals surface area contributed by atoms with Crippen LogP contribution in [0.15, 0.2) is 30.3 Å². The van der Waals surface area contributed by atoms with Gasteiger partial charge in [-0.25, -0.2) is 0 Å². The Bertz CT molecular complexity index is 343. The standard InChI is InChI=1S/C15H23NO/c1-13(17)8-7-11-16-12-15(2,3)14-9-5-4-6-10-14/h4-6,9-10,16H,7-8,11-12H2,1-3H3. The van der Waals surface area contributed by atoms with Gasteiger partial charge in [-0.05, 0) is 25.5 Å². The summed E-state index contributed by atoms with van der Waals surface area (Å²) in [5, 5.41) is 3.43. The van der Waals surface area contributed by atoms with Crippen LogP contribution in [0.4, 0.5) is 0 Å². The topological polar surface area (TPSA) is 29.1 Å². The zero-order valence-electron chi connectivity index (χ0n) is 11.1. The lowest BCUT2D eigenvalue weighted by atomic mass is 9.84. The summed E-state index contributed by atoms with van der Waals surface area (Å²) in [6, 6.07) is 10.5. The minimum absolute atomic E-state index is 0.136. The molecule has 1 N–H and O–H groups in total. The molecule has 0 atom stereocenters. The van der Waals surface area contributed by atoms with Crippen molar-refractivity contribution in [1.29, 1.82) is 0 Å². The van der Waals surface area contributed by atoms with Gasteiger partial charge in [0.2, 0.25) is 0 Å². The molecule has 0 aliphatic rings. The molecule has 0 unspecified atom stereocenters. The molecule has 1 aromatic carbocycles. The fraction of sp³-hybridized carbons (Fsp3) is 0.533. The van der Waals surface area contributed by atoms with E-state index in [-0.39, 0.29) is 11.2 Å². The Kier molecular flexibility index (Phi) is 5.36. The SMILES string of the molecule is CC(=O)CCCNCC(C)(C)c1ccccc1. The predicted octanol–water partition coefficient (Wildman–Crippen LogP) is 2.92. The van der Waals surface area contributed by atoms with Crippen LogP contribution in [0, 0.1) is 0 Å². The Balaban J connectivity index is 2.33. The molecule has 0 bridgehead atoms. The normalized spacial score (nSPS) is 11.5. The Morgan fingerprint density at radius 3 is 2.47 bits per heavy atom. The average Bonchev–Trinajstić information content (AvgIpc) is 2.29. The van der Waals surface area contributed by atoms with Gasteiger partial charge < -0.3 is 10.1 Å². The first kappa shape index (κ1) is 13.9. The van der Waals surface area contributed by atoms with E-state index >= 15 is 0 Å². The second-order valence-corrected chi connectivity index (χ2v) is 5.23. The van der Waals surface area contributed by atoms with Crippen molar-refractivity contribution < 1.29 is 4.79 Å². The van der Waals surface area contributed by atoms with E-state index in [9.17, 15) is 4.79 Å². The number of hydrogen-bond acceptors (Lipinski definition) is 2. The molecular formula is C15H23NO. The summed E-state index contributed by atoms with van der Waals surface area (Å²) in [7, 11) is 0. The summed E-state index contributed by atoms with van der Waals surface area (Å²) < 4.78 is 0. The van der Waals surface area contributed by atoms with Crippen molar-refractivity contribution in [3.8, 4) is 0 Å². The number of rotatable bonds is 7. The molecule has 94 valence electrons. The van der Waals surface area contributed by atoms with Crippen molar-refractivity contribution in [2.75, 3.05) is 13.1 Å². The highest BCUT2D eigenvalue weighted by Gasteiger charge is 2.19. The zero-order valence-corrected chi connectivity index (χ0v) is 11.1. The van der Waals surface area contributed by atoms with Crippen molar-refractivity contribution in [3.05, 3.63) is 35.9 Å². The summed E-state index contributed by atoms with van der Waals surface area (Å²) >= 11 is 0. The van der Waals surface area contributed by atoms with E-state index in [2.05, 4.69) is 43.4 Å². The van der Waals surface area contributed by atoms with Crippen molar-refractivity contribution in [3.63, 3.8) is 0 Å². The first-order valence-corrected chi connectivity index (χ1v) is 6.28. The molecular weight excluding hydrogens is 210 g/mol. The summed E-state index contributed by atoms with van der Waals surface area (Å²) in [5.74, 6) is 0.272. The van der Waals surface area contributed by atoms with Crippen LogP contribution in [0.5, 0.6) is 0 Å². The van der Waals surface area contributed by atoms with Gasteiger partial charge in [0.15, 0.2) is 0 Å². The van der Waals surface area contributed by atoms with E-state index in [1.54, 1.807) is 6.92 Å². The molecule has 0 amide bonds. The van der Waals surface area contributed by atoms with Crippen LogP contribution < -0.4 is 5.32 Å². The first-order chi connectivity index (χ1) is 8.02. The monoisotopic (exact) mass is 233 g/mol. The molecule has 0 saturated heterocycles. The van der Waals surface area contributed by atoms with E-state index < -0.39 is 0 Å². The number of hydrogen-bond donors (Lipinski definition) is 1. The van der Waals surface area contributed by atoms with Crippen LogP contribution >= 0.6 is 0 Å². The second-order valence-electron chi connectivity index (χ2n) is 5.23. The summed E-state index contributed by atoms with van der Waals surface area (Å²) in [6.07, 6.45) is 1.61. The van der Waals surface area contributed by atoms with E-state index in [1.807, 2.05) is 6.07 Å². The minimum Gasteiger partial charge on any atom is -0.316 e. The highest BCUT2D eigenvalue weighted by Crippen LogP contribution is 2.21. The molecule has 0 aliphatic carbocycles. The third-order valence-electron chi connectivity index (χ3n) is 3.00. The number of Topliss-reactive ketones (excluding diaryl/α,β-unsaturated/α-hetero) is 1. The summed E-state index contributed by atoms with van der Waals surface area (Å²) in [5.41, 5.74) is 1.48. The van der Waals surface area contributed by atoms with Gasteiger partial charge in [0.25, 0.3) is 0 Å². The molecule has 0 spiro atoms. The van der Waals surface area contributed by atoms with E-state index in [0.29, 0.717) is 6.42 Å². The van der Waals surface area contributed by atoms with Gasteiger partial charge in [0, 0.05) is 18.4 Å². The molecule has 1 aromatic rings. The number of benzene rings is 1. The Morgan fingerprint density at radius 1 is 1.24 bits per heavy atom. The van der Waals surface area contributed by atoms with Crippen LogP contribution in [-0.4, -0.2) is 18.9 Å². The van der Waals surface area contributed by atoms with Crippen LogP contribution in [0.3, 0.4) is 0 Å². The molecule has 17 heavy (non-hydrogen) atoms. The molecule has 1 rings (SSSR count). The maximum Gasteiger partial charge on any atom is 0.129 e. The van der Waals surface area contributed by atoms with Gasteiger partial charge >= 0.3 is 0 Å². The fourth-order valence-electron chi connectivity index (χ4n) is 1.85. The smallest absolute Gasteiger partial charge is 0.129 e. The van der Waals surface area contributed by atoms with Gasteiger partial charge in [-0.3, -0.25) is 0 Å². The minimum atomic E-state index is 0.136. The van der Waals surface area contributed by atoms with Crippen LogP contribution in [0.25, 0.3) is 0 Å². The van der Waals surface area contributed by atoms with Gasteiger partial charge in [-0.1, -0.05) is 44.2 Å². The average molecular weight is 233 g/mol. The molecule has 0 heterocycles. The first-order valence-electron chi connectivity index (χ1n) is 6.28. The lowest BCUT2D eigenvalue weighted by Gasteiger charge is -2.25. The second kappa shape index (κ2) is 6.55. The van der Waals surface area contributed by atoms with Crippen LogP contribution in [-0.2, 0) is 10.2 Å². The lowest BCUT2D eigenvalue weighted by Crippen LogP contribution is -2.33. The molecule has 0 saturated carbocycles. The lowest BCUT2D eigenvalue weighted by molar-refractivity contribution is -0.117. The van der Waals surface area contributed by atoms with E-state index in [4.69, 9.17) is 0 Å². The van der Waals surface area contributed by atoms with Crippen LogP contribution in [0.2, 0.25) is 0 Å². The molecule has 2 heteroatoms. The number of carbonyl (C=O) groups is 1. The van der Waals surface area contributed by atoms with Gasteiger partial charge in [-0.15, -0.1) is 0 Å². The third-order valence-corrected chi connectivity index (χ3v) is 3.00. The molecule has 0 aromatic heterocycles. The van der Waals surface area contributed by atoms with E-state index in [1.165, 1.54) is 5.56 Å². The van der Waals surface area contributed by atoms with Crippen molar-refractivity contribution >= 4 is 5.78 Å². The zero-order chi connectivity index (χ0) is 12.7. The highest BCUT2D eigenvalue weighted by molar-refractivity contribution is 5.75. The highest BCUT2D eigenvalue weighted by atomic mass is 16.1. The summed E-state index contributed by atoms with van der Waals surface area (Å²) in [4.78, 5) is 10.8. The molecule has 0 aliphatic heterocycles. The van der Waals surface area contributed by atoms with Crippen molar-refractivity contribution in [1.82, 2.24) is 5.32 Å². The largest absolute Gasteiger partial charge is 0.316 e. The van der Waals surface area contributed by atoms with E-state index in [0.717, 1.165) is 19.5 Å². The summed E-state index contributed by atoms with van der Waals surface area (Å²) in [6.45, 7) is 7.97. The number of nitrogens with one attached hydrogen (secondary N) is 1. The Labute approximate surface area is 104 Å². The van der Waals surface area contributed by atoms with Crippen LogP contribution in [0.1, 0.15) is 39.2 Å². The van der Waals surface area contributed by atoms with Crippen molar-refractivity contribution in [2.45, 2.75) is 39.0 Å². The molecule has 0 radical (unpaired) electrons. The maximum absolute atomic E-state index is 10.8. The number of ketones is 1. The van der Waals surface area contributed by atoms with Gasteiger partial charge in [-0.2, -0.15) is 0 Å². The third kappa shape index (κ3) is 5.14. The van der Waals surface area contributed by atoms with Gasteiger partial charge in [0.05, 0.1) is 0 Å². The number of carbonyl (C=O) groups excluding carboxylic acids is 1. The fourth-order valence-corrected chi connectivity index (χ4v) is 1.85. The Morgan fingerprint density at radius 2 is 1.88 bits per heavy atom. The maximum atomic E-state index is 10.8. The molecule has 0 fully saturated rings. The molecule has 2 nitrogen and oxygen atoms in total. The quantitative estimate of drug-likeness (QED) is 0.734.